The van der Waals surface area contributed by atoms with Crippen molar-refractivity contribution < 1.29 is 9.90 Å². The van der Waals surface area contributed by atoms with E-state index in [-0.39, 0.29) is 17.1 Å². The van der Waals surface area contributed by atoms with Gasteiger partial charge < -0.3 is 5.11 Å². The highest BCUT2D eigenvalue weighted by atomic mass is 16.4. The Hall–Kier alpha value is -0.610. The third-order valence-electron chi connectivity index (χ3n) is 5.28. The second-order valence-corrected chi connectivity index (χ2v) is 8.49. The van der Waals surface area contributed by atoms with Gasteiger partial charge in [0, 0.05) is 17.6 Å². The first-order valence-electron chi connectivity index (χ1n) is 8.36. The smallest absolute Gasteiger partial charge is 0.320 e. The van der Waals surface area contributed by atoms with Crippen LogP contribution < -0.4 is 0 Å². The molecule has 0 amide bonds. The molecule has 2 fully saturated rings. The minimum absolute atomic E-state index is 0.0738. The molecule has 4 heteroatoms. The summed E-state index contributed by atoms with van der Waals surface area (Å²) in [5, 5.41) is 9.52. The molecule has 0 aliphatic carbocycles. The van der Waals surface area contributed by atoms with Gasteiger partial charge in [-0.15, -0.1) is 0 Å². The van der Waals surface area contributed by atoms with Crippen molar-refractivity contribution in [2.75, 3.05) is 19.6 Å². The maximum atomic E-state index is 11.6. The molecule has 2 aliphatic rings. The Labute approximate surface area is 129 Å². The van der Waals surface area contributed by atoms with Crippen molar-refractivity contribution >= 4 is 5.97 Å². The molecule has 21 heavy (non-hydrogen) atoms. The summed E-state index contributed by atoms with van der Waals surface area (Å²) in [7, 11) is 0. The number of carbonyl (C=O) groups is 1. The van der Waals surface area contributed by atoms with Crippen molar-refractivity contribution in [2.24, 2.45) is 5.92 Å². The Kier molecular flexibility index (Phi) is 4.69. The van der Waals surface area contributed by atoms with Crippen LogP contribution in [0.4, 0.5) is 0 Å². The molecule has 0 aromatic carbocycles. The van der Waals surface area contributed by atoms with Crippen LogP contribution in [0.2, 0.25) is 0 Å². The molecule has 2 atom stereocenters. The van der Waals surface area contributed by atoms with E-state index in [0.29, 0.717) is 5.92 Å². The molecule has 0 bridgehead atoms. The Balaban J connectivity index is 2.03. The zero-order valence-electron chi connectivity index (χ0n) is 14.4. The van der Waals surface area contributed by atoms with Crippen LogP contribution in [0, 0.1) is 5.92 Å². The van der Waals surface area contributed by atoms with E-state index >= 15 is 0 Å². The molecule has 2 rings (SSSR count). The molecule has 0 spiro atoms. The van der Waals surface area contributed by atoms with Crippen molar-refractivity contribution in [1.29, 1.82) is 0 Å². The molecule has 0 radical (unpaired) electrons. The molecule has 2 saturated heterocycles. The van der Waals surface area contributed by atoms with Crippen molar-refractivity contribution in [3.05, 3.63) is 0 Å². The van der Waals surface area contributed by atoms with Gasteiger partial charge in [-0.3, -0.25) is 14.6 Å². The quantitative estimate of drug-likeness (QED) is 0.866. The van der Waals surface area contributed by atoms with Crippen LogP contribution in [-0.4, -0.2) is 57.6 Å². The molecule has 2 aliphatic heterocycles. The maximum Gasteiger partial charge on any atom is 0.320 e. The lowest BCUT2D eigenvalue weighted by atomic mass is 9.87. The number of aliphatic carboxylic acids is 1. The van der Waals surface area contributed by atoms with E-state index in [4.69, 9.17) is 0 Å². The van der Waals surface area contributed by atoms with Gasteiger partial charge in [-0.05, 0) is 79.3 Å². The fourth-order valence-electron chi connectivity index (χ4n) is 4.20. The normalized spacial score (nSPS) is 29.2. The Bertz CT molecular complexity index is 381. The monoisotopic (exact) mass is 296 g/mol. The molecule has 0 aromatic heterocycles. The predicted octanol–water partition coefficient (Wildman–Crippen LogP) is 2.82. The molecule has 2 heterocycles. The molecule has 1 N–H and O–H groups in total. The highest BCUT2D eigenvalue weighted by Gasteiger charge is 2.44. The predicted molar refractivity (Wildman–Crippen MR) is 85.5 cm³/mol. The van der Waals surface area contributed by atoms with E-state index in [1.165, 1.54) is 25.9 Å². The highest BCUT2D eigenvalue weighted by molar-refractivity contribution is 5.74. The van der Waals surface area contributed by atoms with Crippen molar-refractivity contribution in [1.82, 2.24) is 9.80 Å². The molecule has 0 saturated carbocycles. The van der Waals surface area contributed by atoms with E-state index < -0.39 is 5.97 Å². The van der Waals surface area contributed by atoms with Crippen LogP contribution in [-0.2, 0) is 4.79 Å². The van der Waals surface area contributed by atoms with Crippen LogP contribution >= 0.6 is 0 Å². The Morgan fingerprint density at radius 2 is 1.71 bits per heavy atom. The number of rotatable bonds is 4. The van der Waals surface area contributed by atoms with Crippen molar-refractivity contribution in [2.45, 2.75) is 77.4 Å². The summed E-state index contributed by atoms with van der Waals surface area (Å²) in [4.78, 5) is 16.3. The largest absolute Gasteiger partial charge is 0.480 e. The number of likely N-dealkylation sites (tertiary alicyclic amines) is 2. The molecule has 122 valence electrons. The summed E-state index contributed by atoms with van der Waals surface area (Å²) in [5.41, 5.74) is 0.119. The molecular formula is C17H32N2O2. The summed E-state index contributed by atoms with van der Waals surface area (Å²) in [6.07, 6.45) is 4.51. The number of carboxylic acids is 1. The lowest BCUT2D eigenvalue weighted by molar-refractivity contribution is -0.143. The van der Waals surface area contributed by atoms with E-state index in [0.717, 1.165) is 19.4 Å². The number of hydrogen-bond acceptors (Lipinski definition) is 3. The fourth-order valence-corrected chi connectivity index (χ4v) is 4.20. The van der Waals surface area contributed by atoms with Gasteiger partial charge in [0.1, 0.15) is 6.04 Å². The van der Waals surface area contributed by atoms with Gasteiger partial charge in [-0.25, -0.2) is 0 Å². The number of carboxylic acid groups (broad SMARTS) is 1. The third-order valence-corrected chi connectivity index (χ3v) is 5.28. The van der Waals surface area contributed by atoms with Gasteiger partial charge in [0.2, 0.25) is 0 Å². The van der Waals surface area contributed by atoms with E-state index in [9.17, 15) is 9.90 Å². The summed E-state index contributed by atoms with van der Waals surface area (Å²) >= 11 is 0. The Morgan fingerprint density at radius 1 is 1.14 bits per heavy atom. The Morgan fingerprint density at radius 3 is 2.14 bits per heavy atom. The van der Waals surface area contributed by atoms with Crippen LogP contribution in [0.5, 0.6) is 0 Å². The lowest BCUT2D eigenvalue weighted by Crippen LogP contribution is -2.48. The van der Waals surface area contributed by atoms with Gasteiger partial charge in [-0.1, -0.05) is 0 Å². The van der Waals surface area contributed by atoms with E-state index in [1.54, 1.807) is 0 Å². The van der Waals surface area contributed by atoms with Crippen LogP contribution in [0.25, 0.3) is 0 Å². The fraction of sp³-hybridized carbons (Fsp3) is 0.941. The summed E-state index contributed by atoms with van der Waals surface area (Å²) < 4.78 is 0. The average Bonchev–Trinajstić information content (AvgIpc) is 2.94. The lowest BCUT2D eigenvalue weighted by Gasteiger charge is -2.38. The minimum Gasteiger partial charge on any atom is -0.480 e. The number of nitrogens with zero attached hydrogens (tertiary/aromatic N) is 2. The molecule has 0 aromatic rings. The van der Waals surface area contributed by atoms with E-state index in [2.05, 4.69) is 44.4 Å². The van der Waals surface area contributed by atoms with Crippen LogP contribution in [0.1, 0.15) is 60.3 Å². The van der Waals surface area contributed by atoms with Gasteiger partial charge >= 0.3 is 5.97 Å². The molecule has 4 nitrogen and oxygen atoms in total. The first-order chi connectivity index (χ1) is 9.61. The zero-order chi connectivity index (χ0) is 15.8. The topological polar surface area (TPSA) is 43.8 Å². The average molecular weight is 296 g/mol. The second kappa shape index (κ2) is 5.88. The summed E-state index contributed by atoms with van der Waals surface area (Å²) in [6, 6.07) is -0.315. The standard InChI is InChI=1S/C17H32N2O2/c1-16(2,3)19-12-13(10-14(19)15(20)21)11-17(4,5)18-8-6-7-9-18/h13-14H,6-12H2,1-5H3,(H,20,21). The van der Waals surface area contributed by atoms with Crippen molar-refractivity contribution in [3.63, 3.8) is 0 Å². The van der Waals surface area contributed by atoms with Crippen LogP contribution in [0.15, 0.2) is 0 Å². The van der Waals surface area contributed by atoms with Crippen LogP contribution in [0.3, 0.4) is 0 Å². The number of hydrogen-bond donors (Lipinski definition) is 1. The van der Waals surface area contributed by atoms with Gasteiger partial charge in [0.05, 0.1) is 0 Å². The van der Waals surface area contributed by atoms with Crippen molar-refractivity contribution in [3.8, 4) is 0 Å². The second-order valence-electron chi connectivity index (χ2n) is 8.49. The first kappa shape index (κ1) is 16.8. The minimum atomic E-state index is -0.661. The first-order valence-corrected chi connectivity index (χ1v) is 8.36. The third kappa shape index (κ3) is 3.78. The SMILES string of the molecule is CC(C)(C)N1CC(CC(C)(C)N2CCCC2)CC1C(=O)O. The summed E-state index contributed by atoms with van der Waals surface area (Å²) in [6.45, 7) is 14.3. The van der Waals surface area contributed by atoms with Gasteiger partial charge in [-0.2, -0.15) is 0 Å². The molecular weight excluding hydrogens is 264 g/mol. The highest BCUT2D eigenvalue weighted by Crippen LogP contribution is 2.37. The maximum absolute atomic E-state index is 11.6. The van der Waals surface area contributed by atoms with Gasteiger partial charge in [0.15, 0.2) is 0 Å². The van der Waals surface area contributed by atoms with E-state index in [1.807, 2.05) is 0 Å². The molecule has 2 unspecified atom stereocenters. The van der Waals surface area contributed by atoms with Gasteiger partial charge in [0.25, 0.3) is 0 Å². The zero-order valence-corrected chi connectivity index (χ0v) is 14.4. The summed E-state index contributed by atoms with van der Waals surface area (Å²) in [5.74, 6) is -0.174.